The second-order valence-corrected chi connectivity index (χ2v) is 3.33. The van der Waals surface area contributed by atoms with Crippen LogP contribution in [0.15, 0.2) is 28.8 Å². The standard InChI is InChI=1S/C11H14N2O/c1-12-8-4-7-11-9-5-2-3-6-10(9)13-14-11/h2-3,5-6,12H,4,7-8H2,1H3. The first kappa shape index (κ1) is 9.21. The number of hydrogen-bond acceptors (Lipinski definition) is 3. The van der Waals surface area contributed by atoms with Crippen LogP contribution in [0.2, 0.25) is 0 Å². The highest BCUT2D eigenvalue weighted by molar-refractivity contribution is 5.80. The van der Waals surface area contributed by atoms with E-state index in [-0.39, 0.29) is 0 Å². The summed E-state index contributed by atoms with van der Waals surface area (Å²) in [6, 6.07) is 8.02. The maximum absolute atomic E-state index is 5.28. The van der Waals surface area contributed by atoms with Crippen molar-refractivity contribution in [3.8, 4) is 0 Å². The molecule has 0 saturated heterocycles. The Kier molecular flexibility index (Phi) is 2.79. The van der Waals surface area contributed by atoms with Gasteiger partial charge in [-0.3, -0.25) is 0 Å². The van der Waals surface area contributed by atoms with E-state index >= 15 is 0 Å². The van der Waals surface area contributed by atoms with Gasteiger partial charge in [0.05, 0.1) is 0 Å². The lowest BCUT2D eigenvalue weighted by Crippen LogP contribution is -2.08. The van der Waals surface area contributed by atoms with Crippen LogP contribution in [-0.4, -0.2) is 18.7 Å². The number of aromatic nitrogens is 1. The van der Waals surface area contributed by atoms with Crippen LogP contribution < -0.4 is 5.32 Å². The molecule has 0 aliphatic carbocycles. The molecule has 0 unspecified atom stereocenters. The van der Waals surface area contributed by atoms with E-state index in [9.17, 15) is 0 Å². The molecule has 0 aliphatic rings. The molecule has 0 radical (unpaired) electrons. The Morgan fingerprint density at radius 1 is 1.36 bits per heavy atom. The van der Waals surface area contributed by atoms with Crippen molar-refractivity contribution in [2.45, 2.75) is 12.8 Å². The molecule has 3 nitrogen and oxygen atoms in total. The van der Waals surface area contributed by atoms with Gasteiger partial charge in [0.2, 0.25) is 0 Å². The molecule has 0 spiro atoms. The topological polar surface area (TPSA) is 38.1 Å². The Balaban J connectivity index is 2.17. The van der Waals surface area contributed by atoms with Crippen molar-refractivity contribution in [2.24, 2.45) is 0 Å². The molecule has 2 aromatic rings. The highest BCUT2D eigenvalue weighted by atomic mass is 16.5. The fourth-order valence-corrected chi connectivity index (χ4v) is 1.55. The molecular formula is C11H14N2O. The van der Waals surface area contributed by atoms with Gasteiger partial charge in [-0.15, -0.1) is 0 Å². The van der Waals surface area contributed by atoms with E-state index in [1.54, 1.807) is 0 Å². The molecule has 1 aromatic heterocycles. The highest BCUT2D eigenvalue weighted by Gasteiger charge is 2.05. The number of nitrogens with zero attached hydrogens (tertiary/aromatic N) is 1. The van der Waals surface area contributed by atoms with E-state index in [1.807, 2.05) is 25.2 Å². The molecule has 14 heavy (non-hydrogen) atoms. The Morgan fingerprint density at radius 2 is 2.21 bits per heavy atom. The first-order valence-electron chi connectivity index (χ1n) is 4.89. The minimum atomic E-state index is 0.946. The number of aryl methyl sites for hydroxylation is 1. The van der Waals surface area contributed by atoms with Crippen LogP contribution >= 0.6 is 0 Å². The van der Waals surface area contributed by atoms with Gasteiger partial charge in [0.25, 0.3) is 0 Å². The van der Waals surface area contributed by atoms with Gasteiger partial charge in [-0.05, 0) is 32.1 Å². The van der Waals surface area contributed by atoms with Crippen LogP contribution in [0.3, 0.4) is 0 Å². The molecule has 1 N–H and O–H groups in total. The minimum absolute atomic E-state index is 0.946. The van der Waals surface area contributed by atoms with E-state index in [2.05, 4.69) is 16.5 Å². The van der Waals surface area contributed by atoms with Gasteiger partial charge in [-0.25, -0.2) is 0 Å². The van der Waals surface area contributed by atoms with Crippen LogP contribution in [0.5, 0.6) is 0 Å². The molecule has 1 aromatic carbocycles. The second-order valence-electron chi connectivity index (χ2n) is 3.33. The van der Waals surface area contributed by atoms with Gasteiger partial charge in [-0.2, -0.15) is 0 Å². The van der Waals surface area contributed by atoms with Crippen molar-refractivity contribution in [3.05, 3.63) is 30.0 Å². The normalized spacial score (nSPS) is 10.9. The molecule has 0 fully saturated rings. The van der Waals surface area contributed by atoms with E-state index in [0.717, 1.165) is 36.0 Å². The highest BCUT2D eigenvalue weighted by Crippen LogP contribution is 2.18. The van der Waals surface area contributed by atoms with Crippen LogP contribution in [0.25, 0.3) is 10.9 Å². The van der Waals surface area contributed by atoms with E-state index < -0.39 is 0 Å². The molecule has 0 amide bonds. The largest absolute Gasteiger partial charge is 0.360 e. The second kappa shape index (κ2) is 4.24. The van der Waals surface area contributed by atoms with Crippen LogP contribution in [0, 0.1) is 0 Å². The predicted molar refractivity (Wildman–Crippen MR) is 56.3 cm³/mol. The van der Waals surface area contributed by atoms with Gasteiger partial charge in [0.1, 0.15) is 11.3 Å². The lowest BCUT2D eigenvalue weighted by Gasteiger charge is -1.96. The Hall–Kier alpha value is -1.35. The molecule has 0 atom stereocenters. The van der Waals surface area contributed by atoms with Crippen LogP contribution in [-0.2, 0) is 6.42 Å². The smallest absolute Gasteiger partial charge is 0.144 e. The maximum atomic E-state index is 5.28. The lowest BCUT2D eigenvalue weighted by molar-refractivity contribution is 0.388. The van der Waals surface area contributed by atoms with Crippen molar-refractivity contribution >= 4 is 10.9 Å². The van der Waals surface area contributed by atoms with Crippen molar-refractivity contribution in [3.63, 3.8) is 0 Å². The zero-order chi connectivity index (χ0) is 9.80. The Bertz CT molecular complexity index is 408. The van der Waals surface area contributed by atoms with Crippen LogP contribution in [0.4, 0.5) is 0 Å². The average Bonchev–Trinajstić information content (AvgIpc) is 2.63. The van der Waals surface area contributed by atoms with E-state index in [0.29, 0.717) is 0 Å². The summed E-state index contributed by atoms with van der Waals surface area (Å²) in [7, 11) is 1.96. The van der Waals surface area contributed by atoms with Crippen molar-refractivity contribution in [1.29, 1.82) is 0 Å². The van der Waals surface area contributed by atoms with E-state index in [4.69, 9.17) is 4.52 Å². The molecule has 0 bridgehead atoms. The lowest BCUT2D eigenvalue weighted by atomic mass is 10.1. The summed E-state index contributed by atoms with van der Waals surface area (Å²) in [6.45, 7) is 1.01. The third-order valence-electron chi connectivity index (χ3n) is 2.29. The summed E-state index contributed by atoms with van der Waals surface area (Å²) in [5, 5.41) is 8.26. The monoisotopic (exact) mass is 190 g/mol. The van der Waals surface area contributed by atoms with Gasteiger partial charge in [0.15, 0.2) is 0 Å². The molecule has 2 rings (SSSR count). The first-order chi connectivity index (χ1) is 6.92. The first-order valence-corrected chi connectivity index (χ1v) is 4.89. The number of benzene rings is 1. The zero-order valence-corrected chi connectivity index (χ0v) is 8.29. The summed E-state index contributed by atoms with van der Waals surface area (Å²) < 4.78 is 5.28. The number of nitrogens with one attached hydrogen (secondary N) is 1. The maximum Gasteiger partial charge on any atom is 0.144 e. The van der Waals surface area contributed by atoms with Gasteiger partial charge in [-0.1, -0.05) is 17.3 Å². The summed E-state index contributed by atoms with van der Waals surface area (Å²) >= 11 is 0. The van der Waals surface area contributed by atoms with Crippen LogP contribution in [0.1, 0.15) is 12.2 Å². The quantitative estimate of drug-likeness (QED) is 0.749. The average molecular weight is 190 g/mol. The molecule has 0 saturated carbocycles. The van der Waals surface area contributed by atoms with Crippen molar-refractivity contribution < 1.29 is 4.52 Å². The fourth-order valence-electron chi connectivity index (χ4n) is 1.55. The van der Waals surface area contributed by atoms with Gasteiger partial charge in [0, 0.05) is 11.8 Å². The summed E-state index contributed by atoms with van der Waals surface area (Å²) in [5.41, 5.74) is 0.951. The number of fused-ring (bicyclic) bond motifs is 1. The van der Waals surface area contributed by atoms with Crippen molar-refractivity contribution in [1.82, 2.24) is 10.5 Å². The minimum Gasteiger partial charge on any atom is -0.360 e. The molecule has 1 heterocycles. The molecule has 0 aliphatic heterocycles. The molecular weight excluding hydrogens is 176 g/mol. The molecule has 74 valence electrons. The summed E-state index contributed by atoms with van der Waals surface area (Å²) in [5.74, 6) is 0.996. The Labute approximate surface area is 83.1 Å². The third kappa shape index (κ3) is 1.77. The predicted octanol–water partition coefficient (Wildman–Crippen LogP) is 1.98. The van der Waals surface area contributed by atoms with Crippen molar-refractivity contribution in [2.75, 3.05) is 13.6 Å². The SMILES string of the molecule is CNCCCc1onc2ccccc12. The van der Waals surface area contributed by atoms with Gasteiger partial charge >= 0.3 is 0 Å². The fraction of sp³-hybridized carbons (Fsp3) is 0.364. The van der Waals surface area contributed by atoms with Gasteiger partial charge < -0.3 is 9.84 Å². The molecule has 3 heteroatoms. The third-order valence-corrected chi connectivity index (χ3v) is 2.29. The van der Waals surface area contributed by atoms with E-state index in [1.165, 1.54) is 0 Å². The number of hydrogen-bond donors (Lipinski definition) is 1. The number of rotatable bonds is 4. The Morgan fingerprint density at radius 3 is 3.07 bits per heavy atom. The summed E-state index contributed by atoms with van der Waals surface area (Å²) in [4.78, 5) is 0. The zero-order valence-electron chi connectivity index (χ0n) is 8.29. The summed E-state index contributed by atoms with van der Waals surface area (Å²) in [6.07, 6.45) is 2.02.